The third-order valence-corrected chi connectivity index (χ3v) is 2.62. The van der Waals surface area contributed by atoms with Gasteiger partial charge in [0.1, 0.15) is 11.6 Å². The predicted molar refractivity (Wildman–Crippen MR) is 65.7 cm³/mol. The quantitative estimate of drug-likeness (QED) is 0.887. The number of nitrogens with one attached hydrogen (secondary N) is 1. The number of anilines is 1. The molecule has 0 aliphatic rings. The summed E-state index contributed by atoms with van der Waals surface area (Å²) in [5.74, 6) is -3.43. The molecule has 0 radical (unpaired) electrons. The average molecular weight is 286 g/mol. The maximum Gasteiger partial charge on any atom is 0.255 e. The van der Waals surface area contributed by atoms with Crippen LogP contribution in [0.1, 0.15) is 10.4 Å². The molecule has 0 aliphatic carbocycles. The highest BCUT2D eigenvalue weighted by Gasteiger charge is 2.13. The fourth-order valence-corrected chi connectivity index (χ4v) is 1.65. The number of carbonyl (C=O) groups is 1. The van der Waals surface area contributed by atoms with Crippen molar-refractivity contribution < 1.29 is 18.0 Å². The molecule has 0 spiro atoms. The van der Waals surface area contributed by atoms with Gasteiger partial charge in [-0.25, -0.2) is 13.2 Å². The van der Waals surface area contributed by atoms with Crippen LogP contribution in [-0.2, 0) is 0 Å². The van der Waals surface area contributed by atoms with Gasteiger partial charge in [0.15, 0.2) is 5.82 Å². The van der Waals surface area contributed by atoms with Crippen LogP contribution in [0.3, 0.4) is 0 Å². The van der Waals surface area contributed by atoms with Gasteiger partial charge in [-0.1, -0.05) is 17.7 Å². The molecule has 0 saturated carbocycles. The van der Waals surface area contributed by atoms with Crippen LogP contribution in [0, 0.1) is 17.5 Å². The monoisotopic (exact) mass is 285 g/mol. The van der Waals surface area contributed by atoms with Crippen LogP contribution >= 0.6 is 11.6 Å². The lowest BCUT2D eigenvalue weighted by molar-refractivity contribution is 0.102. The Morgan fingerprint density at radius 3 is 2.32 bits per heavy atom. The normalized spacial score (nSPS) is 10.3. The molecule has 2 nitrogen and oxygen atoms in total. The van der Waals surface area contributed by atoms with Crippen molar-refractivity contribution in [3.8, 4) is 0 Å². The van der Waals surface area contributed by atoms with Crippen LogP contribution in [-0.4, -0.2) is 5.91 Å². The molecule has 2 aromatic carbocycles. The highest BCUT2D eigenvalue weighted by atomic mass is 35.5. The first-order chi connectivity index (χ1) is 8.97. The summed E-state index contributed by atoms with van der Waals surface area (Å²) in [6, 6.07) is 6.37. The highest BCUT2D eigenvalue weighted by Crippen LogP contribution is 2.22. The van der Waals surface area contributed by atoms with Gasteiger partial charge in [-0.3, -0.25) is 4.79 Å². The maximum absolute atomic E-state index is 13.5. The van der Waals surface area contributed by atoms with Crippen LogP contribution in [0.25, 0.3) is 0 Å². The molecular formula is C13H7ClF3NO. The molecule has 2 rings (SSSR count). The van der Waals surface area contributed by atoms with E-state index in [-0.39, 0.29) is 16.3 Å². The smallest absolute Gasteiger partial charge is 0.255 e. The summed E-state index contributed by atoms with van der Waals surface area (Å²) >= 11 is 5.55. The molecule has 0 heterocycles. The molecule has 98 valence electrons. The molecule has 6 heteroatoms. The van der Waals surface area contributed by atoms with Crippen LogP contribution in [0.15, 0.2) is 36.4 Å². The molecule has 2 aromatic rings. The number of carbonyl (C=O) groups excluding carboxylic acids is 1. The highest BCUT2D eigenvalue weighted by molar-refractivity contribution is 6.31. The van der Waals surface area contributed by atoms with Crippen LogP contribution < -0.4 is 5.32 Å². The van der Waals surface area contributed by atoms with Gasteiger partial charge in [-0.05, 0) is 24.3 Å². The molecule has 0 aliphatic heterocycles. The van der Waals surface area contributed by atoms with E-state index in [2.05, 4.69) is 5.32 Å². The van der Waals surface area contributed by atoms with E-state index in [9.17, 15) is 18.0 Å². The second-order valence-corrected chi connectivity index (χ2v) is 4.12. The van der Waals surface area contributed by atoms with Gasteiger partial charge in [0.05, 0.1) is 10.7 Å². The molecule has 1 amide bonds. The zero-order valence-electron chi connectivity index (χ0n) is 9.38. The van der Waals surface area contributed by atoms with Crippen molar-refractivity contribution in [2.75, 3.05) is 5.32 Å². The Balaban J connectivity index is 2.28. The first kappa shape index (κ1) is 13.4. The molecular weight excluding hydrogens is 279 g/mol. The number of halogens is 4. The Kier molecular flexibility index (Phi) is 3.76. The number of hydrogen-bond donors (Lipinski definition) is 1. The first-order valence-electron chi connectivity index (χ1n) is 5.19. The third-order valence-electron chi connectivity index (χ3n) is 2.32. The van der Waals surface area contributed by atoms with Crippen molar-refractivity contribution in [1.29, 1.82) is 0 Å². The molecule has 0 aromatic heterocycles. The summed E-state index contributed by atoms with van der Waals surface area (Å²) in [6.07, 6.45) is 0. The van der Waals surface area contributed by atoms with E-state index in [4.69, 9.17) is 11.6 Å². The zero-order valence-corrected chi connectivity index (χ0v) is 10.1. The van der Waals surface area contributed by atoms with Crippen LogP contribution in [0.2, 0.25) is 5.02 Å². The van der Waals surface area contributed by atoms with Gasteiger partial charge in [0.25, 0.3) is 5.91 Å². The lowest BCUT2D eigenvalue weighted by Crippen LogP contribution is -2.13. The van der Waals surface area contributed by atoms with Crippen molar-refractivity contribution >= 4 is 23.2 Å². The van der Waals surface area contributed by atoms with E-state index in [1.807, 2.05) is 0 Å². The van der Waals surface area contributed by atoms with E-state index >= 15 is 0 Å². The van der Waals surface area contributed by atoms with E-state index in [1.165, 1.54) is 18.2 Å². The van der Waals surface area contributed by atoms with Crippen LogP contribution in [0.5, 0.6) is 0 Å². The summed E-state index contributed by atoms with van der Waals surface area (Å²) in [5, 5.41) is 2.03. The number of hydrogen-bond acceptors (Lipinski definition) is 1. The summed E-state index contributed by atoms with van der Waals surface area (Å²) in [4.78, 5) is 11.7. The van der Waals surface area contributed by atoms with Crippen molar-refractivity contribution in [3.63, 3.8) is 0 Å². The van der Waals surface area contributed by atoms with E-state index < -0.39 is 23.4 Å². The van der Waals surface area contributed by atoms with Gasteiger partial charge in [-0.15, -0.1) is 0 Å². The van der Waals surface area contributed by atoms with Gasteiger partial charge in [0, 0.05) is 11.6 Å². The largest absolute Gasteiger partial charge is 0.319 e. The third kappa shape index (κ3) is 3.06. The zero-order chi connectivity index (χ0) is 14.0. The van der Waals surface area contributed by atoms with E-state index in [0.717, 1.165) is 12.1 Å². The average Bonchev–Trinajstić information content (AvgIpc) is 2.33. The van der Waals surface area contributed by atoms with Crippen molar-refractivity contribution in [1.82, 2.24) is 0 Å². The van der Waals surface area contributed by atoms with Gasteiger partial charge < -0.3 is 5.32 Å². The minimum Gasteiger partial charge on any atom is -0.319 e. The summed E-state index contributed by atoms with van der Waals surface area (Å²) in [5.41, 5.74) is -0.418. The van der Waals surface area contributed by atoms with Crippen molar-refractivity contribution in [3.05, 3.63) is 64.4 Å². The Morgan fingerprint density at radius 2 is 1.68 bits per heavy atom. The maximum atomic E-state index is 13.5. The minimum atomic E-state index is -0.892. The molecule has 0 bridgehead atoms. The Morgan fingerprint density at radius 1 is 1.05 bits per heavy atom. The van der Waals surface area contributed by atoms with Crippen LogP contribution in [0.4, 0.5) is 18.9 Å². The fourth-order valence-electron chi connectivity index (χ4n) is 1.48. The standard InChI is InChI=1S/C13H7ClF3NO/c14-10-2-1-3-11(12(10)17)18-13(19)7-4-8(15)6-9(16)5-7/h1-6H,(H,18,19). The van der Waals surface area contributed by atoms with Gasteiger partial charge in [-0.2, -0.15) is 0 Å². The molecule has 0 fully saturated rings. The van der Waals surface area contributed by atoms with E-state index in [0.29, 0.717) is 6.07 Å². The van der Waals surface area contributed by atoms with Crippen molar-refractivity contribution in [2.45, 2.75) is 0 Å². The lowest BCUT2D eigenvalue weighted by atomic mass is 10.2. The van der Waals surface area contributed by atoms with Gasteiger partial charge >= 0.3 is 0 Å². The summed E-state index contributed by atoms with van der Waals surface area (Å²) in [6.45, 7) is 0. The molecule has 0 saturated heterocycles. The van der Waals surface area contributed by atoms with Crippen molar-refractivity contribution in [2.24, 2.45) is 0 Å². The Labute approximate surface area is 111 Å². The molecule has 1 N–H and O–H groups in total. The summed E-state index contributed by atoms with van der Waals surface area (Å²) in [7, 11) is 0. The second kappa shape index (κ2) is 5.32. The van der Waals surface area contributed by atoms with E-state index in [1.54, 1.807) is 0 Å². The molecule has 0 atom stereocenters. The molecule has 19 heavy (non-hydrogen) atoms. The molecule has 0 unspecified atom stereocenters. The number of benzene rings is 2. The first-order valence-corrected chi connectivity index (χ1v) is 5.56. The minimum absolute atomic E-state index is 0.164. The Bertz CT molecular complexity index is 626. The number of rotatable bonds is 2. The second-order valence-electron chi connectivity index (χ2n) is 3.71. The lowest BCUT2D eigenvalue weighted by Gasteiger charge is -2.07. The summed E-state index contributed by atoms with van der Waals surface area (Å²) < 4.78 is 39.5. The SMILES string of the molecule is O=C(Nc1cccc(Cl)c1F)c1cc(F)cc(F)c1. The fraction of sp³-hybridized carbons (Fsp3) is 0. The van der Waals surface area contributed by atoms with Gasteiger partial charge in [0.2, 0.25) is 0 Å². The topological polar surface area (TPSA) is 29.1 Å². The Hall–Kier alpha value is -2.01. The number of amides is 1. The predicted octanol–water partition coefficient (Wildman–Crippen LogP) is 4.01.